The Kier molecular flexibility index (Phi) is 8.00. The number of primary amides is 1. The molecular weight excluding hydrogens is 539 g/mol. The average molecular weight is 574 g/mol. The maximum Gasteiger partial charge on any atom is 0.401 e. The zero-order valence-corrected chi connectivity index (χ0v) is 23.2. The topological polar surface area (TPSA) is 95.1 Å². The quantitative estimate of drug-likeness (QED) is 0.423. The summed E-state index contributed by atoms with van der Waals surface area (Å²) in [5.74, 6) is -0.565. The van der Waals surface area contributed by atoms with Crippen molar-refractivity contribution in [2.75, 3.05) is 37.7 Å². The summed E-state index contributed by atoms with van der Waals surface area (Å²) in [5.41, 5.74) is 7.99. The number of rotatable bonds is 8. The Morgan fingerprint density at radius 3 is 2.37 bits per heavy atom. The van der Waals surface area contributed by atoms with Gasteiger partial charge in [0.1, 0.15) is 18.5 Å². The van der Waals surface area contributed by atoms with Crippen LogP contribution in [-0.4, -0.2) is 77.7 Å². The van der Waals surface area contributed by atoms with Crippen molar-refractivity contribution >= 4 is 11.8 Å². The van der Waals surface area contributed by atoms with Gasteiger partial charge in [-0.1, -0.05) is 48.5 Å². The number of nitrogens with zero attached hydrogens (tertiary/aromatic N) is 4. The van der Waals surface area contributed by atoms with Crippen LogP contribution in [0.3, 0.4) is 0 Å². The van der Waals surface area contributed by atoms with Crippen LogP contribution in [0.2, 0.25) is 0 Å². The summed E-state index contributed by atoms with van der Waals surface area (Å²) < 4.78 is 59.5. The van der Waals surface area contributed by atoms with Crippen LogP contribution < -0.4 is 15.4 Å². The molecule has 2 aliphatic rings. The molecule has 2 aliphatic heterocycles. The number of alkyl halides is 3. The molecule has 1 aromatic heterocycles. The second kappa shape index (κ2) is 11.3. The van der Waals surface area contributed by atoms with Crippen LogP contribution in [0.25, 0.3) is 5.69 Å². The molecule has 2 aromatic carbocycles. The lowest BCUT2D eigenvalue weighted by atomic mass is 9.93. The van der Waals surface area contributed by atoms with E-state index >= 15 is 0 Å². The summed E-state index contributed by atoms with van der Waals surface area (Å²) in [7, 11) is 0. The number of carbonyl (C=O) groups is 1. The first-order valence-electron chi connectivity index (χ1n) is 13.4. The van der Waals surface area contributed by atoms with Gasteiger partial charge >= 0.3 is 12.2 Å². The number of hydrogen-bond donors (Lipinski definition) is 1. The minimum atomic E-state index is -4.39. The summed E-state index contributed by atoms with van der Waals surface area (Å²) in [6, 6.07) is 16.8. The Bertz CT molecular complexity index is 1350. The molecule has 12 heteroatoms. The monoisotopic (exact) mass is 573 g/mol. The molecular formula is C29H34F3N5O4. The van der Waals surface area contributed by atoms with E-state index in [0.717, 1.165) is 5.56 Å². The summed E-state index contributed by atoms with van der Waals surface area (Å²) in [4.78, 5) is 15.9. The molecule has 2 N–H and O–H groups in total. The van der Waals surface area contributed by atoms with Crippen LogP contribution in [0.15, 0.2) is 60.7 Å². The molecule has 3 atom stereocenters. The number of aromatic nitrogens is 2. The number of ether oxygens (including phenoxy) is 3. The third kappa shape index (κ3) is 6.50. The normalized spacial score (nSPS) is 22.6. The summed E-state index contributed by atoms with van der Waals surface area (Å²) in [5, 5.41) is 4.68. The number of urea groups is 1. The van der Waals surface area contributed by atoms with Gasteiger partial charge in [-0.15, -0.1) is 5.10 Å². The van der Waals surface area contributed by atoms with E-state index in [1.807, 2.05) is 74.5 Å². The molecule has 220 valence electrons. The van der Waals surface area contributed by atoms with Crippen LogP contribution in [0, 0.1) is 6.92 Å². The molecule has 2 amide bonds. The van der Waals surface area contributed by atoms with Crippen molar-refractivity contribution in [2.45, 2.75) is 50.8 Å². The largest absolute Gasteiger partial charge is 0.473 e. The number of halogens is 3. The van der Waals surface area contributed by atoms with E-state index in [1.165, 1.54) is 9.80 Å². The molecule has 9 nitrogen and oxygen atoms in total. The second-order valence-electron chi connectivity index (χ2n) is 10.9. The van der Waals surface area contributed by atoms with Crippen LogP contribution in [0.5, 0.6) is 5.88 Å². The molecule has 5 rings (SSSR count). The number of nitrogens with two attached hydrogens (primary N) is 1. The van der Waals surface area contributed by atoms with Gasteiger partial charge in [0.25, 0.3) is 0 Å². The summed E-state index contributed by atoms with van der Waals surface area (Å²) >= 11 is 0. The zero-order chi connectivity index (χ0) is 29.4. The highest BCUT2D eigenvalue weighted by atomic mass is 19.4. The van der Waals surface area contributed by atoms with Crippen LogP contribution in [-0.2, 0) is 9.47 Å². The van der Waals surface area contributed by atoms with Gasteiger partial charge in [0, 0.05) is 19.0 Å². The van der Waals surface area contributed by atoms with Crippen molar-refractivity contribution < 1.29 is 32.2 Å². The maximum atomic E-state index is 13.5. The van der Waals surface area contributed by atoms with Crippen LogP contribution in [0.4, 0.5) is 23.8 Å². The van der Waals surface area contributed by atoms with E-state index < -0.39 is 36.5 Å². The van der Waals surface area contributed by atoms with Crippen molar-refractivity contribution in [1.29, 1.82) is 0 Å². The molecule has 0 bridgehead atoms. The van der Waals surface area contributed by atoms with Crippen LogP contribution in [0.1, 0.15) is 30.9 Å². The fourth-order valence-electron chi connectivity index (χ4n) is 5.62. The Morgan fingerprint density at radius 1 is 1.12 bits per heavy atom. The van der Waals surface area contributed by atoms with E-state index in [1.54, 1.807) is 11.6 Å². The van der Waals surface area contributed by atoms with Gasteiger partial charge in [-0.3, -0.25) is 9.80 Å². The maximum absolute atomic E-state index is 13.5. The molecule has 2 fully saturated rings. The Hall–Kier alpha value is -3.61. The zero-order valence-electron chi connectivity index (χ0n) is 23.2. The fraction of sp³-hybridized carbons (Fsp3) is 0.448. The lowest BCUT2D eigenvalue weighted by Gasteiger charge is -2.32. The van der Waals surface area contributed by atoms with Gasteiger partial charge in [0.15, 0.2) is 5.79 Å². The standard InChI is InChI=1S/C29H34F3N5O4/c1-19-25(39-16-22-17-40-28(2,3)41-22)34-37(21-12-8-5-9-13-21)26(19)36(27(33)38)24-15-35(18-29(30,31)32)14-23(24)20-10-6-4-7-11-20/h4-13,22-24H,14-18H2,1-3H3,(H2,33,38)/t22-,23+,24-/m0/s1. The van der Waals surface area contributed by atoms with Crippen molar-refractivity contribution in [2.24, 2.45) is 5.73 Å². The van der Waals surface area contributed by atoms with E-state index in [2.05, 4.69) is 5.10 Å². The number of anilines is 1. The molecule has 3 aromatic rings. The number of likely N-dealkylation sites (tertiary alicyclic amines) is 1. The predicted molar refractivity (Wildman–Crippen MR) is 146 cm³/mol. The lowest BCUT2D eigenvalue weighted by molar-refractivity contribution is -0.143. The Labute approximate surface area is 236 Å². The number of amides is 2. The number of benzene rings is 2. The molecule has 0 radical (unpaired) electrons. The number of hydrogen-bond acceptors (Lipinski definition) is 6. The molecule has 0 aliphatic carbocycles. The van der Waals surface area contributed by atoms with Gasteiger partial charge in [-0.05, 0) is 38.5 Å². The van der Waals surface area contributed by atoms with Gasteiger partial charge in [-0.25, -0.2) is 9.48 Å². The molecule has 3 heterocycles. The minimum absolute atomic E-state index is 0.0278. The highest BCUT2D eigenvalue weighted by molar-refractivity contribution is 5.92. The number of carbonyl (C=O) groups excluding carboxylic acids is 1. The molecule has 2 saturated heterocycles. The van der Waals surface area contributed by atoms with Crippen molar-refractivity contribution in [1.82, 2.24) is 14.7 Å². The highest BCUT2D eigenvalue weighted by Crippen LogP contribution is 2.39. The van der Waals surface area contributed by atoms with Gasteiger partial charge in [0.05, 0.1) is 30.4 Å². The summed E-state index contributed by atoms with van der Waals surface area (Å²) in [6.07, 6.45) is -4.72. The lowest BCUT2D eigenvalue weighted by Crippen LogP contribution is -2.49. The number of para-hydroxylation sites is 1. The molecule has 0 spiro atoms. The van der Waals surface area contributed by atoms with Crippen molar-refractivity contribution in [3.63, 3.8) is 0 Å². The van der Waals surface area contributed by atoms with E-state index in [9.17, 15) is 18.0 Å². The van der Waals surface area contributed by atoms with Gasteiger partial charge in [-0.2, -0.15) is 13.2 Å². The predicted octanol–water partition coefficient (Wildman–Crippen LogP) is 4.63. The van der Waals surface area contributed by atoms with Crippen molar-refractivity contribution in [3.05, 3.63) is 71.8 Å². The van der Waals surface area contributed by atoms with E-state index in [0.29, 0.717) is 23.7 Å². The van der Waals surface area contributed by atoms with Crippen LogP contribution >= 0.6 is 0 Å². The first-order chi connectivity index (χ1) is 19.4. The summed E-state index contributed by atoms with van der Waals surface area (Å²) in [6.45, 7) is 4.88. The SMILES string of the molecule is Cc1c(OC[C@H]2COC(C)(C)O2)nn(-c2ccccc2)c1N(C(N)=O)[C@H]1CN(CC(F)(F)F)C[C@@H]1c1ccccc1. The minimum Gasteiger partial charge on any atom is -0.473 e. The van der Waals surface area contributed by atoms with E-state index in [-0.39, 0.29) is 31.7 Å². The third-order valence-corrected chi connectivity index (χ3v) is 7.31. The highest BCUT2D eigenvalue weighted by Gasteiger charge is 2.45. The van der Waals surface area contributed by atoms with Gasteiger partial charge < -0.3 is 19.9 Å². The third-order valence-electron chi connectivity index (χ3n) is 7.31. The van der Waals surface area contributed by atoms with Gasteiger partial charge in [0.2, 0.25) is 5.88 Å². The Balaban J connectivity index is 1.55. The molecule has 0 saturated carbocycles. The van der Waals surface area contributed by atoms with E-state index in [4.69, 9.17) is 19.9 Å². The molecule has 0 unspecified atom stereocenters. The second-order valence-corrected chi connectivity index (χ2v) is 10.9. The molecule has 41 heavy (non-hydrogen) atoms. The fourth-order valence-corrected chi connectivity index (χ4v) is 5.62. The van der Waals surface area contributed by atoms with Crippen molar-refractivity contribution in [3.8, 4) is 11.6 Å². The smallest absolute Gasteiger partial charge is 0.401 e. The average Bonchev–Trinajstić information content (AvgIpc) is 3.58. The first-order valence-corrected chi connectivity index (χ1v) is 13.4. The Morgan fingerprint density at radius 2 is 1.78 bits per heavy atom. The first kappa shape index (κ1) is 28.9.